The maximum Gasteiger partial charge on any atom is 0.303 e. The van der Waals surface area contributed by atoms with Gasteiger partial charge in [-0.3, -0.25) is 0 Å². The largest absolute Gasteiger partial charge is 0.374 e. The SMILES string of the molecule is O=[N+]([O-])Nc1nc(Cc2nc(N[N+](=O)[O-])nn2CO)n(CO)n1. The van der Waals surface area contributed by atoms with Crippen LogP contribution in [-0.4, -0.2) is 49.8 Å². The van der Waals surface area contributed by atoms with E-state index in [1.807, 2.05) is 0 Å². The lowest BCUT2D eigenvalue weighted by Crippen LogP contribution is -2.11. The predicted molar refractivity (Wildman–Crippen MR) is 68.5 cm³/mol. The van der Waals surface area contributed by atoms with Crippen LogP contribution in [0.1, 0.15) is 11.6 Å². The van der Waals surface area contributed by atoms with Crippen molar-refractivity contribution in [2.24, 2.45) is 0 Å². The van der Waals surface area contributed by atoms with Crippen molar-refractivity contribution < 1.29 is 20.3 Å². The molecule has 0 radical (unpaired) electrons. The number of rotatable bonds is 8. The van der Waals surface area contributed by atoms with Crippen molar-refractivity contribution in [3.63, 3.8) is 0 Å². The first-order valence-electron chi connectivity index (χ1n) is 5.84. The van der Waals surface area contributed by atoms with Gasteiger partial charge in [-0.1, -0.05) is 10.9 Å². The van der Waals surface area contributed by atoms with Crippen LogP contribution in [0, 0.1) is 20.2 Å². The van der Waals surface area contributed by atoms with Crippen LogP contribution in [0.2, 0.25) is 0 Å². The van der Waals surface area contributed by atoms with Crippen molar-refractivity contribution in [1.29, 1.82) is 0 Å². The quantitative estimate of drug-likeness (QED) is 0.293. The van der Waals surface area contributed by atoms with Gasteiger partial charge in [0.25, 0.3) is 0 Å². The summed E-state index contributed by atoms with van der Waals surface area (Å²) in [5, 5.41) is 44.5. The van der Waals surface area contributed by atoms with Crippen molar-refractivity contribution in [1.82, 2.24) is 29.5 Å². The predicted octanol–water partition coefficient (Wildman–Crippen LogP) is -2.43. The summed E-state index contributed by atoms with van der Waals surface area (Å²) in [6.45, 7) is -1.23. The Morgan fingerprint density at radius 2 is 1.30 bits per heavy atom. The second-order valence-corrected chi connectivity index (χ2v) is 3.90. The molecule has 23 heavy (non-hydrogen) atoms. The first-order valence-corrected chi connectivity index (χ1v) is 5.84. The molecule has 4 N–H and O–H groups in total. The molecule has 0 aliphatic rings. The van der Waals surface area contributed by atoms with Gasteiger partial charge in [-0.25, -0.2) is 29.6 Å². The summed E-state index contributed by atoms with van der Waals surface area (Å²) in [6.07, 6.45) is -0.153. The minimum absolute atomic E-state index is 0.0617. The molecule has 2 aromatic heterocycles. The standard InChI is InChI=1S/C7H10N10O6/c18-2-14-4(8-6(10-14)12-16(20)21)1-5-9-7(13-17(22)23)11-15(5)3-19/h18-19H,1-3H2,(H,10,12)(H,11,13). The smallest absolute Gasteiger partial charge is 0.303 e. The Balaban J connectivity index is 2.27. The molecule has 16 nitrogen and oxygen atoms in total. The second-order valence-electron chi connectivity index (χ2n) is 3.90. The molecule has 0 aliphatic heterocycles. The topological polar surface area (TPSA) is 212 Å². The molecule has 0 bridgehead atoms. The van der Waals surface area contributed by atoms with E-state index in [1.54, 1.807) is 10.9 Å². The summed E-state index contributed by atoms with van der Waals surface area (Å²) in [6, 6.07) is 0. The Hall–Kier alpha value is -3.40. The zero-order valence-corrected chi connectivity index (χ0v) is 11.2. The average Bonchev–Trinajstić information content (AvgIpc) is 3.01. The van der Waals surface area contributed by atoms with Crippen LogP contribution in [0.25, 0.3) is 0 Å². The number of hydrogen-bond acceptors (Lipinski definition) is 10. The van der Waals surface area contributed by atoms with Crippen LogP contribution in [0.5, 0.6) is 0 Å². The second kappa shape index (κ2) is 6.58. The summed E-state index contributed by atoms with van der Waals surface area (Å²) in [5.74, 6) is -0.603. The summed E-state index contributed by atoms with van der Waals surface area (Å²) in [5.41, 5.74) is 3.44. The van der Waals surface area contributed by atoms with Crippen molar-refractivity contribution in [2.45, 2.75) is 19.9 Å². The molecule has 2 rings (SSSR count). The van der Waals surface area contributed by atoms with Gasteiger partial charge in [0, 0.05) is 0 Å². The fourth-order valence-electron chi connectivity index (χ4n) is 1.64. The average molecular weight is 330 g/mol. The normalized spacial score (nSPS) is 10.5. The molecule has 0 amide bonds. The molecule has 0 aliphatic carbocycles. The third-order valence-electron chi connectivity index (χ3n) is 2.46. The number of aliphatic hydroxyl groups excluding tert-OH is 2. The van der Waals surface area contributed by atoms with Gasteiger partial charge in [-0.2, -0.15) is 9.97 Å². The van der Waals surface area contributed by atoms with Crippen molar-refractivity contribution in [3.05, 3.63) is 31.9 Å². The molecule has 0 aromatic carbocycles. The molecule has 0 fully saturated rings. The maximum atomic E-state index is 10.4. The van der Waals surface area contributed by atoms with E-state index in [0.717, 1.165) is 9.36 Å². The molecule has 0 atom stereocenters. The van der Waals surface area contributed by atoms with E-state index in [2.05, 4.69) is 20.2 Å². The van der Waals surface area contributed by atoms with Crippen LogP contribution < -0.4 is 10.9 Å². The summed E-state index contributed by atoms with van der Waals surface area (Å²) in [7, 11) is 0. The number of nitrogens with one attached hydrogen (secondary N) is 2. The van der Waals surface area contributed by atoms with E-state index >= 15 is 0 Å². The molecule has 16 heteroatoms. The summed E-state index contributed by atoms with van der Waals surface area (Å²) >= 11 is 0. The number of anilines is 2. The van der Waals surface area contributed by atoms with Crippen LogP contribution in [0.4, 0.5) is 11.9 Å². The number of hydrogen-bond donors (Lipinski definition) is 4. The van der Waals surface area contributed by atoms with Gasteiger partial charge in [-0.15, -0.1) is 10.2 Å². The fourth-order valence-corrected chi connectivity index (χ4v) is 1.64. The van der Waals surface area contributed by atoms with E-state index in [-0.39, 0.29) is 30.0 Å². The van der Waals surface area contributed by atoms with Crippen molar-refractivity contribution >= 4 is 11.9 Å². The Kier molecular flexibility index (Phi) is 4.57. The number of nitrogens with zero attached hydrogens (tertiary/aromatic N) is 8. The van der Waals surface area contributed by atoms with Gasteiger partial charge in [0.1, 0.15) is 25.1 Å². The Morgan fingerprint density at radius 1 is 0.913 bits per heavy atom. The van der Waals surface area contributed by atoms with Gasteiger partial charge in [-0.05, 0) is 0 Å². The van der Waals surface area contributed by atoms with Gasteiger partial charge < -0.3 is 10.2 Å². The highest BCUT2D eigenvalue weighted by Gasteiger charge is 2.18. The Morgan fingerprint density at radius 3 is 1.61 bits per heavy atom. The van der Waals surface area contributed by atoms with Crippen LogP contribution in [-0.2, 0) is 19.9 Å². The highest BCUT2D eigenvalue weighted by molar-refractivity contribution is 5.23. The van der Waals surface area contributed by atoms with Crippen LogP contribution in [0.15, 0.2) is 0 Å². The zero-order chi connectivity index (χ0) is 17.0. The van der Waals surface area contributed by atoms with E-state index in [9.17, 15) is 20.2 Å². The van der Waals surface area contributed by atoms with Gasteiger partial charge >= 0.3 is 11.9 Å². The molecule has 0 saturated carbocycles. The molecular formula is C7H10N10O6. The number of aromatic nitrogens is 6. The van der Waals surface area contributed by atoms with Crippen molar-refractivity contribution in [3.8, 4) is 0 Å². The van der Waals surface area contributed by atoms with Gasteiger partial charge in [0.05, 0.1) is 6.42 Å². The summed E-state index contributed by atoms with van der Waals surface area (Å²) in [4.78, 5) is 28.3. The zero-order valence-electron chi connectivity index (χ0n) is 11.2. The minimum atomic E-state index is -0.879. The highest BCUT2D eigenvalue weighted by Crippen LogP contribution is 2.11. The summed E-state index contributed by atoms with van der Waals surface area (Å²) < 4.78 is 1.89. The first-order chi connectivity index (χ1) is 10.9. The lowest BCUT2D eigenvalue weighted by Gasteiger charge is -2.02. The van der Waals surface area contributed by atoms with E-state index < -0.39 is 23.5 Å². The lowest BCUT2D eigenvalue weighted by atomic mass is 10.4. The van der Waals surface area contributed by atoms with Crippen molar-refractivity contribution in [2.75, 3.05) is 10.9 Å². The van der Waals surface area contributed by atoms with Gasteiger partial charge in [0.15, 0.2) is 10.1 Å². The third kappa shape index (κ3) is 3.83. The van der Waals surface area contributed by atoms with E-state index in [1.165, 1.54) is 0 Å². The van der Waals surface area contributed by atoms with E-state index in [4.69, 9.17) is 10.2 Å². The number of aliphatic hydroxyl groups is 2. The first kappa shape index (κ1) is 16.0. The lowest BCUT2D eigenvalue weighted by molar-refractivity contribution is -0.446. The molecule has 0 unspecified atom stereocenters. The van der Waals surface area contributed by atoms with Crippen LogP contribution in [0.3, 0.4) is 0 Å². The third-order valence-corrected chi connectivity index (χ3v) is 2.46. The number of nitro groups is 2. The van der Waals surface area contributed by atoms with Gasteiger partial charge in [0.2, 0.25) is 0 Å². The molecule has 0 saturated heterocycles. The molecule has 124 valence electrons. The Bertz CT molecular complexity index is 663. The number of hydrazine groups is 2. The Labute approximate surface area is 125 Å². The highest BCUT2D eigenvalue weighted by atomic mass is 16.7. The minimum Gasteiger partial charge on any atom is -0.374 e. The van der Waals surface area contributed by atoms with Crippen LogP contribution >= 0.6 is 0 Å². The fraction of sp³-hybridized carbons (Fsp3) is 0.429. The molecule has 2 heterocycles. The molecule has 2 aromatic rings. The molecule has 0 spiro atoms. The monoisotopic (exact) mass is 330 g/mol. The maximum absolute atomic E-state index is 10.4. The molecular weight excluding hydrogens is 320 g/mol. The van der Waals surface area contributed by atoms with E-state index in [0.29, 0.717) is 0 Å².